The van der Waals surface area contributed by atoms with Gasteiger partial charge in [-0.1, -0.05) is 93.8 Å². The lowest BCUT2D eigenvalue weighted by Crippen LogP contribution is -2.42. The Hall–Kier alpha value is -4.06. The number of carbonyl (C=O) groups excluding carboxylic acids is 2. The molecular weight excluding hydrogens is 602 g/mol. The summed E-state index contributed by atoms with van der Waals surface area (Å²) < 4.78 is 29.6. The van der Waals surface area contributed by atoms with Gasteiger partial charge in [-0.2, -0.15) is 0 Å². The summed E-state index contributed by atoms with van der Waals surface area (Å²) in [7, 11) is -3.89. The zero-order chi connectivity index (χ0) is 33.3. The Kier molecular flexibility index (Phi) is 12.1. The van der Waals surface area contributed by atoms with Crippen LogP contribution in [0.2, 0.25) is 0 Å². The number of benzene rings is 3. The molecule has 4 N–H and O–H groups in total. The molecule has 0 heterocycles. The van der Waals surface area contributed by atoms with Crippen molar-refractivity contribution in [3.05, 3.63) is 89.5 Å². The average molecular weight is 648 g/mol. The Bertz CT molecular complexity index is 1620. The first-order valence-corrected chi connectivity index (χ1v) is 17.4. The number of ether oxygens (including phenoxy) is 1. The van der Waals surface area contributed by atoms with Gasteiger partial charge >= 0.3 is 6.09 Å². The van der Waals surface area contributed by atoms with Gasteiger partial charge in [-0.15, -0.1) is 0 Å². The number of hydrogen-bond donors (Lipinski definition) is 3. The molecule has 0 aromatic heterocycles. The Morgan fingerprint density at radius 3 is 2.28 bits per heavy atom. The van der Waals surface area contributed by atoms with E-state index < -0.39 is 22.3 Å². The van der Waals surface area contributed by atoms with Gasteiger partial charge < -0.3 is 9.64 Å². The number of nitrogens with zero attached hydrogens (tertiary/aromatic N) is 2. The second kappa shape index (κ2) is 16.0. The number of amidine groups is 1. The molecular formula is C35H45N5O5S. The molecule has 2 amide bonds. The van der Waals surface area contributed by atoms with Crippen molar-refractivity contribution in [3.8, 4) is 11.1 Å². The lowest BCUT2D eigenvalue weighted by atomic mass is 9.93. The Balaban J connectivity index is 1.47. The third-order valence-electron chi connectivity index (χ3n) is 8.55. The SMILES string of the molecule is CCN(CC)C(C)OC(=O)NC(=N)c1cccc(CN(C(=O)Cc2ccc(-c3ccccc3S(N)(=O)=O)cc2)C2CCCCC2)c1. The van der Waals surface area contributed by atoms with Crippen molar-refractivity contribution in [3.63, 3.8) is 0 Å². The predicted molar refractivity (Wildman–Crippen MR) is 180 cm³/mol. The quantitative estimate of drug-likeness (QED) is 0.132. The summed E-state index contributed by atoms with van der Waals surface area (Å²) in [5, 5.41) is 16.4. The average Bonchev–Trinajstić information content (AvgIpc) is 3.04. The fraction of sp³-hybridized carbons (Fsp3) is 0.400. The third kappa shape index (κ3) is 9.24. The first-order chi connectivity index (χ1) is 22.0. The van der Waals surface area contributed by atoms with Crippen molar-refractivity contribution in [2.45, 2.75) is 83.0 Å². The van der Waals surface area contributed by atoms with E-state index in [0.717, 1.165) is 56.3 Å². The topological polar surface area (TPSA) is 146 Å². The molecule has 1 unspecified atom stereocenters. The Morgan fingerprint density at radius 2 is 1.63 bits per heavy atom. The highest BCUT2D eigenvalue weighted by molar-refractivity contribution is 7.89. The normalized spacial score (nSPS) is 14.5. The Labute approximate surface area is 272 Å². The van der Waals surface area contributed by atoms with Crippen LogP contribution >= 0.6 is 0 Å². The molecule has 0 saturated heterocycles. The van der Waals surface area contributed by atoms with Crippen LogP contribution < -0.4 is 10.5 Å². The molecule has 1 fully saturated rings. The van der Waals surface area contributed by atoms with E-state index in [0.29, 0.717) is 23.2 Å². The van der Waals surface area contributed by atoms with Crippen molar-refractivity contribution in [1.29, 1.82) is 5.41 Å². The van der Waals surface area contributed by atoms with E-state index in [4.69, 9.17) is 15.3 Å². The molecule has 1 atom stereocenters. The monoisotopic (exact) mass is 647 g/mol. The molecule has 0 radical (unpaired) electrons. The summed E-state index contributed by atoms with van der Waals surface area (Å²) in [6.07, 6.45) is 4.24. The van der Waals surface area contributed by atoms with Crippen molar-refractivity contribution in [1.82, 2.24) is 15.1 Å². The standard InChI is InChI=1S/C35H45N5O5S/c1-4-39(5-2)25(3)45-35(42)38-34(36)29-13-11-12-27(22-29)24-40(30-14-7-6-8-15-30)33(41)23-26-18-20-28(21-19-26)31-16-9-10-17-32(31)46(37,43)44/h9-13,16-22,25,30H,4-8,14-15,23-24H2,1-3H3,(H2,36,38,42)(H2,37,43,44). The molecule has 4 rings (SSSR count). The van der Waals surface area contributed by atoms with Gasteiger partial charge in [0.2, 0.25) is 15.9 Å². The van der Waals surface area contributed by atoms with Crippen LogP contribution in [0, 0.1) is 5.41 Å². The van der Waals surface area contributed by atoms with Crippen LogP contribution in [0.25, 0.3) is 11.1 Å². The Morgan fingerprint density at radius 1 is 0.957 bits per heavy atom. The summed E-state index contributed by atoms with van der Waals surface area (Å²) in [4.78, 5) is 30.3. The highest BCUT2D eigenvalue weighted by atomic mass is 32.2. The minimum Gasteiger partial charge on any atom is -0.430 e. The largest absolute Gasteiger partial charge is 0.430 e. The summed E-state index contributed by atoms with van der Waals surface area (Å²) in [5.41, 5.74) is 3.42. The molecule has 46 heavy (non-hydrogen) atoms. The molecule has 1 aliphatic rings. The number of primary sulfonamides is 1. The number of nitrogens with two attached hydrogens (primary N) is 1. The van der Waals surface area contributed by atoms with E-state index in [1.165, 1.54) is 6.07 Å². The molecule has 3 aromatic carbocycles. The van der Waals surface area contributed by atoms with Gasteiger partial charge in [-0.3, -0.25) is 20.4 Å². The predicted octanol–water partition coefficient (Wildman–Crippen LogP) is 5.64. The minimum atomic E-state index is -3.89. The van der Waals surface area contributed by atoms with E-state index in [2.05, 4.69) is 5.32 Å². The summed E-state index contributed by atoms with van der Waals surface area (Å²) in [5.74, 6) is -0.0737. The third-order valence-corrected chi connectivity index (χ3v) is 9.52. The molecule has 3 aromatic rings. The molecule has 0 bridgehead atoms. The maximum atomic E-state index is 13.8. The van der Waals surface area contributed by atoms with Gasteiger partial charge in [0.1, 0.15) is 5.84 Å². The van der Waals surface area contributed by atoms with Crippen LogP contribution in [0.1, 0.15) is 69.6 Å². The molecule has 1 saturated carbocycles. The van der Waals surface area contributed by atoms with Gasteiger partial charge in [0.15, 0.2) is 6.23 Å². The summed E-state index contributed by atoms with van der Waals surface area (Å²) >= 11 is 0. The van der Waals surface area contributed by atoms with Crippen LogP contribution in [-0.2, 0) is 32.5 Å². The fourth-order valence-corrected chi connectivity index (χ4v) is 6.80. The van der Waals surface area contributed by atoms with Gasteiger partial charge in [0, 0.05) is 23.7 Å². The van der Waals surface area contributed by atoms with E-state index in [9.17, 15) is 18.0 Å². The number of amides is 2. The second-order valence-electron chi connectivity index (χ2n) is 11.7. The zero-order valence-corrected chi connectivity index (χ0v) is 27.7. The minimum absolute atomic E-state index is 0.00263. The molecule has 10 nitrogen and oxygen atoms in total. The number of nitrogens with one attached hydrogen (secondary N) is 2. The van der Waals surface area contributed by atoms with Crippen LogP contribution in [0.5, 0.6) is 0 Å². The highest BCUT2D eigenvalue weighted by Crippen LogP contribution is 2.28. The van der Waals surface area contributed by atoms with Gasteiger partial charge in [0.25, 0.3) is 0 Å². The van der Waals surface area contributed by atoms with E-state index in [-0.39, 0.29) is 29.1 Å². The van der Waals surface area contributed by atoms with E-state index >= 15 is 0 Å². The highest BCUT2D eigenvalue weighted by Gasteiger charge is 2.26. The number of carbonyl (C=O) groups is 2. The van der Waals surface area contributed by atoms with Gasteiger partial charge in [-0.25, -0.2) is 18.4 Å². The van der Waals surface area contributed by atoms with Crippen LogP contribution in [0.4, 0.5) is 4.79 Å². The lowest BCUT2D eigenvalue weighted by Gasteiger charge is -2.35. The molecule has 0 aliphatic heterocycles. The first-order valence-electron chi connectivity index (χ1n) is 15.9. The van der Waals surface area contributed by atoms with Gasteiger partial charge in [-0.05, 0) is 61.7 Å². The maximum Gasteiger partial charge on any atom is 0.414 e. The van der Waals surface area contributed by atoms with Crippen molar-refractivity contribution in [2.24, 2.45) is 5.14 Å². The van der Waals surface area contributed by atoms with Gasteiger partial charge in [0.05, 0.1) is 11.3 Å². The maximum absolute atomic E-state index is 13.8. The van der Waals surface area contributed by atoms with Crippen LogP contribution in [-0.4, -0.2) is 61.4 Å². The summed E-state index contributed by atoms with van der Waals surface area (Å²) in [6.45, 7) is 7.64. The molecule has 1 aliphatic carbocycles. The van der Waals surface area contributed by atoms with E-state index in [1.54, 1.807) is 31.2 Å². The molecule has 11 heteroatoms. The lowest BCUT2D eigenvalue weighted by molar-refractivity contribution is -0.134. The van der Waals surface area contributed by atoms with Crippen molar-refractivity contribution >= 4 is 27.9 Å². The molecule has 246 valence electrons. The number of rotatable bonds is 12. The second-order valence-corrected chi connectivity index (χ2v) is 13.2. The van der Waals surface area contributed by atoms with Crippen molar-refractivity contribution in [2.75, 3.05) is 13.1 Å². The van der Waals surface area contributed by atoms with Crippen molar-refractivity contribution < 1.29 is 22.7 Å². The number of hydrogen-bond acceptors (Lipinski definition) is 7. The first kappa shape index (κ1) is 34.8. The zero-order valence-electron chi connectivity index (χ0n) is 26.9. The van der Waals surface area contributed by atoms with Crippen LogP contribution in [0.3, 0.4) is 0 Å². The fourth-order valence-electron chi connectivity index (χ4n) is 6.04. The number of sulfonamides is 1. The van der Waals surface area contributed by atoms with Crippen LogP contribution in [0.15, 0.2) is 77.7 Å². The number of alkyl carbamates (subject to hydrolysis) is 1. The molecule has 0 spiro atoms. The smallest absolute Gasteiger partial charge is 0.414 e. The summed E-state index contributed by atoms with van der Waals surface area (Å²) in [6, 6.07) is 21.4. The van der Waals surface area contributed by atoms with E-state index in [1.807, 2.05) is 66.1 Å².